The molecule has 0 bridgehead atoms. The smallest absolute Gasteiger partial charge is 0.283 e. The maximum Gasteiger partial charge on any atom is 0.283 e. The van der Waals surface area contributed by atoms with Gasteiger partial charge < -0.3 is 14.7 Å². The number of anilines is 1. The Labute approximate surface area is 143 Å². The van der Waals surface area contributed by atoms with Crippen molar-refractivity contribution in [2.45, 2.75) is 39.2 Å². The molecule has 2 aromatic rings. The van der Waals surface area contributed by atoms with E-state index in [2.05, 4.69) is 40.8 Å². The summed E-state index contributed by atoms with van der Waals surface area (Å²) in [5, 5.41) is 6.67. The van der Waals surface area contributed by atoms with Gasteiger partial charge in [-0.05, 0) is 44.6 Å². The van der Waals surface area contributed by atoms with E-state index in [1.54, 1.807) is 6.07 Å². The van der Waals surface area contributed by atoms with Crippen LogP contribution < -0.4 is 10.2 Å². The molecule has 2 heterocycles. The Morgan fingerprint density at radius 3 is 2.67 bits per heavy atom. The normalized spacial score (nSPS) is 22.1. The Morgan fingerprint density at radius 2 is 2.04 bits per heavy atom. The molecule has 0 spiro atoms. The van der Waals surface area contributed by atoms with Gasteiger partial charge in [0.25, 0.3) is 5.91 Å². The number of likely N-dealkylation sites (tertiary alicyclic amines) is 1. The van der Waals surface area contributed by atoms with Crippen LogP contribution in [0.4, 0.5) is 5.82 Å². The van der Waals surface area contributed by atoms with Crippen LogP contribution in [0.2, 0.25) is 0 Å². The summed E-state index contributed by atoms with van der Waals surface area (Å²) >= 11 is 0. The van der Waals surface area contributed by atoms with Crippen LogP contribution in [0.15, 0.2) is 40.9 Å². The van der Waals surface area contributed by atoms with E-state index in [1.807, 2.05) is 13.8 Å². The van der Waals surface area contributed by atoms with Gasteiger partial charge in [0.1, 0.15) is 5.76 Å². The highest BCUT2D eigenvalue weighted by atomic mass is 16.5. The van der Waals surface area contributed by atoms with Crippen LogP contribution in [0, 0.1) is 12.8 Å². The fourth-order valence-electron chi connectivity index (χ4n) is 3.48. The molecule has 5 nitrogen and oxygen atoms in total. The summed E-state index contributed by atoms with van der Waals surface area (Å²) in [6, 6.07) is 12.4. The average molecular weight is 328 g/mol. The monoisotopic (exact) mass is 328 g/mol. The Kier molecular flexibility index (Phi) is 5.30. The zero-order valence-corrected chi connectivity index (χ0v) is 14.4. The largest absolute Gasteiger partial charge is 0.360 e. The van der Waals surface area contributed by atoms with Crippen LogP contribution in [-0.4, -0.2) is 30.2 Å². The second-order valence-electron chi connectivity index (χ2n) is 6.83. The maximum atomic E-state index is 12.4. The molecule has 24 heavy (non-hydrogen) atoms. The highest BCUT2D eigenvalue weighted by molar-refractivity contribution is 5.92. The molecule has 1 saturated heterocycles. The highest BCUT2D eigenvalue weighted by Crippen LogP contribution is 2.16. The number of piperidine rings is 1. The number of benzene rings is 1. The van der Waals surface area contributed by atoms with Gasteiger partial charge in [-0.2, -0.15) is 0 Å². The molecule has 1 aliphatic heterocycles. The van der Waals surface area contributed by atoms with Crippen LogP contribution in [0.5, 0.6) is 0 Å². The topological polar surface area (TPSA) is 59.6 Å². The third-order valence-corrected chi connectivity index (χ3v) is 5.00. The number of hydrogen-bond donors (Lipinski definition) is 2. The summed E-state index contributed by atoms with van der Waals surface area (Å²) in [7, 11) is 0. The molecule has 1 aliphatic rings. The lowest BCUT2D eigenvalue weighted by Crippen LogP contribution is -3.17. The summed E-state index contributed by atoms with van der Waals surface area (Å²) in [5.41, 5.74) is 1.41. The lowest BCUT2D eigenvalue weighted by Gasteiger charge is -2.32. The number of aryl methyl sites for hydroxylation is 1. The fraction of sp³-hybridized carbons (Fsp3) is 0.474. The minimum absolute atomic E-state index is 0.0137. The summed E-state index contributed by atoms with van der Waals surface area (Å²) in [5.74, 6) is 1.94. The summed E-state index contributed by atoms with van der Waals surface area (Å²) < 4.78 is 4.99. The third kappa shape index (κ3) is 4.23. The van der Waals surface area contributed by atoms with E-state index >= 15 is 0 Å². The van der Waals surface area contributed by atoms with Crippen molar-refractivity contribution in [3.05, 3.63) is 47.7 Å². The van der Waals surface area contributed by atoms with Gasteiger partial charge in [-0.15, -0.1) is 0 Å². The van der Waals surface area contributed by atoms with Crippen LogP contribution in [0.1, 0.15) is 31.1 Å². The molecule has 1 fully saturated rings. The van der Waals surface area contributed by atoms with Gasteiger partial charge in [0.2, 0.25) is 0 Å². The van der Waals surface area contributed by atoms with Gasteiger partial charge >= 0.3 is 0 Å². The van der Waals surface area contributed by atoms with Crippen LogP contribution in [0.25, 0.3) is 0 Å². The SMILES string of the molecule is Cc1cc(NC(=O)[C@@H](C)[NH+]2CCC(Cc3ccccc3)CC2)no1. The molecule has 1 amide bonds. The van der Waals surface area contributed by atoms with Crippen molar-refractivity contribution in [2.24, 2.45) is 5.92 Å². The number of nitrogens with zero attached hydrogens (tertiary/aromatic N) is 1. The molecule has 1 atom stereocenters. The van der Waals surface area contributed by atoms with Crippen molar-refractivity contribution in [2.75, 3.05) is 18.4 Å². The van der Waals surface area contributed by atoms with Crippen molar-refractivity contribution >= 4 is 11.7 Å². The minimum Gasteiger partial charge on any atom is -0.360 e. The number of carbonyl (C=O) groups excluding carboxylic acids is 1. The quantitative estimate of drug-likeness (QED) is 0.881. The standard InChI is InChI=1S/C19H25N3O2/c1-14-12-18(21-24-14)20-19(23)15(2)22-10-8-17(9-11-22)13-16-6-4-3-5-7-16/h3-7,12,15,17H,8-11,13H2,1-2H3,(H,20,21,23)/p+1/t15-/m1/s1. The molecule has 0 radical (unpaired) electrons. The summed E-state index contributed by atoms with van der Waals surface area (Å²) in [6.07, 6.45) is 3.49. The lowest BCUT2D eigenvalue weighted by molar-refractivity contribution is -0.919. The number of amides is 1. The Hall–Kier alpha value is -2.14. The zero-order chi connectivity index (χ0) is 16.9. The first-order chi connectivity index (χ1) is 11.6. The van der Waals surface area contributed by atoms with Gasteiger partial charge in [0.05, 0.1) is 13.1 Å². The second-order valence-corrected chi connectivity index (χ2v) is 6.83. The van der Waals surface area contributed by atoms with Crippen molar-refractivity contribution in [3.8, 4) is 0 Å². The van der Waals surface area contributed by atoms with E-state index < -0.39 is 0 Å². The van der Waals surface area contributed by atoms with E-state index in [0.717, 1.165) is 25.4 Å². The van der Waals surface area contributed by atoms with E-state index in [9.17, 15) is 4.79 Å². The first-order valence-electron chi connectivity index (χ1n) is 8.74. The molecular formula is C19H26N3O2+. The van der Waals surface area contributed by atoms with Crippen LogP contribution >= 0.6 is 0 Å². The zero-order valence-electron chi connectivity index (χ0n) is 14.4. The van der Waals surface area contributed by atoms with Gasteiger partial charge in [-0.3, -0.25) is 4.79 Å². The van der Waals surface area contributed by atoms with Crippen molar-refractivity contribution in [1.82, 2.24) is 5.16 Å². The van der Waals surface area contributed by atoms with Crippen molar-refractivity contribution in [1.29, 1.82) is 0 Å². The van der Waals surface area contributed by atoms with E-state index in [4.69, 9.17) is 4.52 Å². The lowest BCUT2D eigenvalue weighted by atomic mass is 9.89. The Bertz CT molecular complexity index is 660. The second kappa shape index (κ2) is 7.62. The molecule has 3 rings (SSSR count). The summed E-state index contributed by atoms with van der Waals surface area (Å²) in [4.78, 5) is 13.7. The van der Waals surface area contributed by atoms with Gasteiger partial charge in [-0.1, -0.05) is 35.5 Å². The molecule has 1 aromatic heterocycles. The molecular weight excluding hydrogens is 302 g/mol. The Balaban J connectivity index is 1.47. The van der Waals surface area contributed by atoms with Crippen LogP contribution in [0.3, 0.4) is 0 Å². The first kappa shape index (κ1) is 16.7. The number of hydrogen-bond acceptors (Lipinski definition) is 3. The van der Waals surface area contributed by atoms with E-state index in [1.165, 1.54) is 23.3 Å². The maximum absolute atomic E-state index is 12.4. The van der Waals surface area contributed by atoms with Crippen LogP contribution in [-0.2, 0) is 11.2 Å². The number of carbonyl (C=O) groups is 1. The van der Waals surface area contributed by atoms with Crippen molar-refractivity contribution < 1.29 is 14.2 Å². The molecule has 0 saturated carbocycles. The molecule has 0 aliphatic carbocycles. The van der Waals surface area contributed by atoms with Gasteiger partial charge in [0.15, 0.2) is 11.9 Å². The number of aromatic nitrogens is 1. The predicted molar refractivity (Wildman–Crippen MR) is 92.9 cm³/mol. The number of quaternary nitrogens is 1. The number of rotatable bonds is 5. The van der Waals surface area contributed by atoms with Gasteiger partial charge in [0, 0.05) is 6.07 Å². The Morgan fingerprint density at radius 1 is 1.33 bits per heavy atom. The summed E-state index contributed by atoms with van der Waals surface area (Å²) in [6.45, 7) is 5.90. The van der Waals surface area contributed by atoms with Gasteiger partial charge in [-0.25, -0.2) is 0 Å². The number of nitrogens with one attached hydrogen (secondary N) is 2. The first-order valence-corrected chi connectivity index (χ1v) is 8.74. The van der Waals surface area contributed by atoms with Crippen molar-refractivity contribution in [3.63, 3.8) is 0 Å². The molecule has 2 N–H and O–H groups in total. The predicted octanol–water partition coefficient (Wildman–Crippen LogP) is 1.85. The molecule has 0 unspecified atom stereocenters. The van der Waals surface area contributed by atoms with E-state index in [-0.39, 0.29) is 11.9 Å². The van der Waals surface area contributed by atoms with E-state index in [0.29, 0.717) is 11.6 Å². The average Bonchev–Trinajstić information content (AvgIpc) is 3.00. The minimum atomic E-state index is -0.0697. The highest BCUT2D eigenvalue weighted by Gasteiger charge is 2.30. The molecule has 128 valence electrons. The molecule has 1 aromatic carbocycles. The third-order valence-electron chi connectivity index (χ3n) is 5.00. The fourth-order valence-corrected chi connectivity index (χ4v) is 3.48. The molecule has 5 heteroatoms.